The molecule has 0 saturated carbocycles. The van der Waals surface area contributed by atoms with Crippen molar-refractivity contribution in [2.75, 3.05) is 40.4 Å². The Morgan fingerprint density at radius 1 is 0.962 bits per heavy atom. The zero-order valence-electron chi connectivity index (χ0n) is 15.0. The van der Waals surface area contributed by atoms with Gasteiger partial charge in [0.15, 0.2) is 11.5 Å². The third kappa shape index (κ3) is 3.98. The molecule has 0 N–H and O–H groups in total. The van der Waals surface area contributed by atoms with E-state index in [1.165, 1.54) is 30.2 Å². The zero-order chi connectivity index (χ0) is 18.6. The SMILES string of the molecule is COc1ccc(S(=O)(=O)N2CCN(Cc3ccncc3)CC2)cc1OC. The van der Waals surface area contributed by atoms with Gasteiger partial charge in [-0.2, -0.15) is 4.31 Å². The van der Waals surface area contributed by atoms with Crippen molar-refractivity contribution in [3.8, 4) is 11.5 Å². The van der Waals surface area contributed by atoms with Crippen LogP contribution in [0.3, 0.4) is 0 Å². The molecule has 0 amide bonds. The third-order valence-corrected chi connectivity index (χ3v) is 6.37. The summed E-state index contributed by atoms with van der Waals surface area (Å²) in [6, 6.07) is 8.64. The first-order chi connectivity index (χ1) is 12.5. The summed E-state index contributed by atoms with van der Waals surface area (Å²) >= 11 is 0. The Balaban J connectivity index is 1.68. The summed E-state index contributed by atoms with van der Waals surface area (Å²) in [7, 11) is -0.541. The number of rotatable bonds is 6. The molecule has 1 aliphatic rings. The molecule has 0 atom stereocenters. The first-order valence-corrected chi connectivity index (χ1v) is 9.82. The van der Waals surface area contributed by atoms with Gasteiger partial charge in [-0.3, -0.25) is 9.88 Å². The topological polar surface area (TPSA) is 72.0 Å². The first kappa shape index (κ1) is 18.6. The van der Waals surface area contributed by atoms with Crippen molar-refractivity contribution in [2.45, 2.75) is 11.4 Å². The molecule has 7 nitrogen and oxygen atoms in total. The predicted molar refractivity (Wildman–Crippen MR) is 97.8 cm³/mol. The second-order valence-corrected chi connectivity index (χ2v) is 7.99. The number of sulfonamides is 1. The summed E-state index contributed by atoms with van der Waals surface area (Å²) in [5, 5.41) is 0. The van der Waals surface area contributed by atoms with Gasteiger partial charge in [-0.25, -0.2) is 8.42 Å². The van der Waals surface area contributed by atoms with E-state index in [1.54, 1.807) is 24.5 Å². The van der Waals surface area contributed by atoms with Crippen LogP contribution < -0.4 is 9.47 Å². The van der Waals surface area contributed by atoms with Gasteiger partial charge >= 0.3 is 0 Å². The van der Waals surface area contributed by atoms with E-state index < -0.39 is 10.0 Å². The number of piperazine rings is 1. The van der Waals surface area contributed by atoms with E-state index in [0.717, 1.165) is 6.54 Å². The third-order valence-electron chi connectivity index (χ3n) is 4.48. The van der Waals surface area contributed by atoms with E-state index in [1.807, 2.05) is 12.1 Å². The Hall–Kier alpha value is -2.16. The molecule has 2 heterocycles. The fraction of sp³-hybridized carbons (Fsp3) is 0.389. The fourth-order valence-electron chi connectivity index (χ4n) is 3.00. The van der Waals surface area contributed by atoms with Crippen LogP contribution in [0.1, 0.15) is 5.56 Å². The summed E-state index contributed by atoms with van der Waals surface area (Å²) in [6.07, 6.45) is 3.54. The normalized spacial score (nSPS) is 16.4. The van der Waals surface area contributed by atoms with Gasteiger partial charge < -0.3 is 9.47 Å². The molecule has 26 heavy (non-hydrogen) atoms. The standard InChI is InChI=1S/C18H23N3O4S/c1-24-17-4-3-16(13-18(17)25-2)26(22,23)21-11-9-20(10-12-21)14-15-5-7-19-8-6-15/h3-8,13H,9-12,14H2,1-2H3. The second kappa shape index (κ2) is 8.03. The fourth-order valence-corrected chi connectivity index (χ4v) is 4.44. The molecular formula is C18H23N3O4S. The maximum absolute atomic E-state index is 12.9. The summed E-state index contributed by atoms with van der Waals surface area (Å²) in [6.45, 7) is 3.10. The molecule has 0 unspecified atom stereocenters. The van der Waals surface area contributed by atoms with E-state index in [9.17, 15) is 8.42 Å². The summed E-state index contributed by atoms with van der Waals surface area (Å²) in [5.74, 6) is 0.915. The number of nitrogens with zero attached hydrogens (tertiary/aromatic N) is 3. The molecule has 8 heteroatoms. The van der Waals surface area contributed by atoms with Crippen molar-refractivity contribution < 1.29 is 17.9 Å². The number of hydrogen-bond donors (Lipinski definition) is 0. The Kier molecular flexibility index (Phi) is 5.75. The molecule has 1 fully saturated rings. The number of aromatic nitrogens is 1. The highest BCUT2D eigenvalue weighted by atomic mass is 32.2. The molecule has 3 rings (SSSR count). The number of methoxy groups -OCH3 is 2. The second-order valence-electron chi connectivity index (χ2n) is 6.05. The Morgan fingerprint density at radius 3 is 2.23 bits per heavy atom. The largest absolute Gasteiger partial charge is 0.493 e. The molecule has 1 aromatic heterocycles. The van der Waals surface area contributed by atoms with Crippen LogP contribution in [-0.2, 0) is 16.6 Å². The van der Waals surface area contributed by atoms with Crippen molar-refractivity contribution in [1.82, 2.24) is 14.2 Å². The smallest absolute Gasteiger partial charge is 0.243 e. The molecule has 1 saturated heterocycles. The number of ether oxygens (including phenoxy) is 2. The Bertz CT molecular complexity index is 835. The predicted octanol–water partition coefficient (Wildman–Crippen LogP) is 1.61. The van der Waals surface area contributed by atoms with Gasteiger partial charge in [0.05, 0.1) is 19.1 Å². The molecule has 0 bridgehead atoms. The van der Waals surface area contributed by atoms with Crippen molar-refractivity contribution >= 4 is 10.0 Å². The Labute approximate surface area is 154 Å². The highest BCUT2D eigenvalue weighted by Crippen LogP contribution is 2.30. The van der Waals surface area contributed by atoms with E-state index >= 15 is 0 Å². The van der Waals surface area contributed by atoms with Gasteiger partial charge in [0, 0.05) is 51.2 Å². The van der Waals surface area contributed by atoms with Crippen LogP contribution in [0.4, 0.5) is 0 Å². The van der Waals surface area contributed by atoms with Crippen LogP contribution in [-0.4, -0.2) is 63.0 Å². The molecule has 1 aliphatic heterocycles. The number of hydrogen-bond acceptors (Lipinski definition) is 6. The minimum atomic E-state index is -3.55. The number of pyridine rings is 1. The molecule has 2 aromatic rings. The summed E-state index contributed by atoms with van der Waals surface area (Å²) < 4.78 is 37.8. The van der Waals surface area contributed by atoms with Crippen molar-refractivity contribution in [1.29, 1.82) is 0 Å². The molecular weight excluding hydrogens is 354 g/mol. The van der Waals surface area contributed by atoms with Crippen LogP contribution >= 0.6 is 0 Å². The maximum atomic E-state index is 12.9. The summed E-state index contributed by atoms with van der Waals surface area (Å²) in [5.41, 5.74) is 1.18. The average Bonchev–Trinajstić information content (AvgIpc) is 2.68. The van der Waals surface area contributed by atoms with Gasteiger partial charge in [0.1, 0.15) is 0 Å². The maximum Gasteiger partial charge on any atom is 0.243 e. The highest BCUT2D eigenvalue weighted by molar-refractivity contribution is 7.89. The van der Waals surface area contributed by atoms with Gasteiger partial charge in [-0.05, 0) is 29.8 Å². The molecule has 0 spiro atoms. The van der Waals surface area contributed by atoms with Crippen molar-refractivity contribution in [3.63, 3.8) is 0 Å². The average molecular weight is 377 g/mol. The number of benzene rings is 1. The zero-order valence-corrected chi connectivity index (χ0v) is 15.8. The van der Waals surface area contributed by atoms with Gasteiger partial charge in [-0.15, -0.1) is 0 Å². The van der Waals surface area contributed by atoms with Gasteiger partial charge in [0.2, 0.25) is 10.0 Å². The van der Waals surface area contributed by atoms with Gasteiger partial charge in [0.25, 0.3) is 0 Å². The molecule has 1 aromatic carbocycles. The van der Waals surface area contributed by atoms with Crippen LogP contribution in [0, 0.1) is 0 Å². The highest BCUT2D eigenvalue weighted by Gasteiger charge is 2.29. The van der Waals surface area contributed by atoms with E-state index in [0.29, 0.717) is 37.7 Å². The quantitative estimate of drug-likeness (QED) is 0.762. The lowest BCUT2D eigenvalue weighted by Crippen LogP contribution is -2.48. The lowest BCUT2D eigenvalue weighted by atomic mass is 10.2. The van der Waals surface area contributed by atoms with E-state index in [2.05, 4.69) is 9.88 Å². The monoisotopic (exact) mass is 377 g/mol. The lowest BCUT2D eigenvalue weighted by Gasteiger charge is -2.34. The molecule has 140 valence electrons. The van der Waals surface area contributed by atoms with Crippen LogP contribution in [0.25, 0.3) is 0 Å². The minimum absolute atomic E-state index is 0.220. The Morgan fingerprint density at radius 2 is 1.62 bits per heavy atom. The lowest BCUT2D eigenvalue weighted by molar-refractivity contribution is 0.181. The summed E-state index contributed by atoms with van der Waals surface area (Å²) in [4.78, 5) is 6.48. The van der Waals surface area contributed by atoms with Crippen molar-refractivity contribution in [2.24, 2.45) is 0 Å². The van der Waals surface area contributed by atoms with Crippen LogP contribution in [0.5, 0.6) is 11.5 Å². The van der Waals surface area contributed by atoms with Crippen LogP contribution in [0.2, 0.25) is 0 Å². The molecule has 0 radical (unpaired) electrons. The molecule has 0 aliphatic carbocycles. The van der Waals surface area contributed by atoms with E-state index in [4.69, 9.17) is 9.47 Å². The van der Waals surface area contributed by atoms with Crippen LogP contribution in [0.15, 0.2) is 47.6 Å². The van der Waals surface area contributed by atoms with E-state index in [-0.39, 0.29) is 4.90 Å². The van der Waals surface area contributed by atoms with Crippen molar-refractivity contribution in [3.05, 3.63) is 48.3 Å². The first-order valence-electron chi connectivity index (χ1n) is 8.38. The van der Waals surface area contributed by atoms with Gasteiger partial charge in [-0.1, -0.05) is 0 Å². The minimum Gasteiger partial charge on any atom is -0.493 e.